The van der Waals surface area contributed by atoms with Crippen molar-refractivity contribution in [2.75, 3.05) is 26.3 Å². The van der Waals surface area contributed by atoms with Gasteiger partial charge in [0, 0.05) is 36.3 Å². The number of ether oxygens (including phenoxy) is 1. The van der Waals surface area contributed by atoms with Crippen molar-refractivity contribution < 1.29 is 37.8 Å². The lowest BCUT2D eigenvalue weighted by molar-refractivity contribution is -0.171. The molecule has 1 fully saturated rings. The second-order valence-electron chi connectivity index (χ2n) is 11.0. The molecule has 41 heavy (non-hydrogen) atoms. The zero-order valence-electron chi connectivity index (χ0n) is 23.5. The molecule has 1 saturated heterocycles. The Balaban J connectivity index is 1.64. The Bertz CT molecular complexity index is 1270. The highest BCUT2D eigenvalue weighted by Gasteiger charge is 2.46. The minimum Gasteiger partial charge on any atom is -0.381 e. The highest BCUT2D eigenvalue weighted by molar-refractivity contribution is 5.98. The Morgan fingerprint density at radius 1 is 0.976 bits per heavy atom. The molecule has 1 aliphatic heterocycles. The molecule has 2 amide bonds. The van der Waals surface area contributed by atoms with Crippen molar-refractivity contribution in [1.82, 2.24) is 15.7 Å². The van der Waals surface area contributed by atoms with Crippen LogP contribution in [0.2, 0.25) is 0 Å². The molecule has 0 bridgehead atoms. The van der Waals surface area contributed by atoms with Crippen LogP contribution in [0.1, 0.15) is 54.7 Å². The molecule has 220 valence electrons. The van der Waals surface area contributed by atoms with Gasteiger partial charge < -0.3 is 20.0 Å². The number of carbonyl (C=O) groups excluding carboxylic acids is 3. The highest BCUT2D eigenvalue weighted by Crippen LogP contribution is 2.21. The zero-order chi connectivity index (χ0) is 30.2. The number of benzene rings is 2. The summed E-state index contributed by atoms with van der Waals surface area (Å²) in [7, 11) is 0. The number of hydroxylamine groups is 1. The summed E-state index contributed by atoms with van der Waals surface area (Å²) in [4.78, 5) is 44.3. The number of alkyl halides is 2. The number of halogens is 2. The fourth-order valence-electron chi connectivity index (χ4n) is 3.69. The van der Waals surface area contributed by atoms with E-state index in [1.165, 1.54) is 38.5 Å². The van der Waals surface area contributed by atoms with Crippen molar-refractivity contribution in [1.29, 1.82) is 0 Å². The summed E-state index contributed by atoms with van der Waals surface area (Å²) in [5, 5.41) is 12.4. The first kappa shape index (κ1) is 31.7. The van der Waals surface area contributed by atoms with Gasteiger partial charge in [-0.2, -0.15) is 5.48 Å². The lowest BCUT2D eigenvalue weighted by Gasteiger charge is -2.31. The van der Waals surface area contributed by atoms with E-state index in [1.54, 1.807) is 17.6 Å². The van der Waals surface area contributed by atoms with Crippen LogP contribution in [0, 0.1) is 17.3 Å². The number of carbonyl (C=O) groups is 3. The topological polar surface area (TPSA) is 117 Å². The van der Waals surface area contributed by atoms with Gasteiger partial charge >= 0.3 is 5.97 Å². The van der Waals surface area contributed by atoms with Crippen LogP contribution in [-0.2, 0) is 25.7 Å². The molecule has 2 atom stereocenters. The molecule has 3 rings (SSSR count). The van der Waals surface area contributed by atoms with E-state index in [1.807, 2.05) is 24.3 Å². The summed E-state index contributed by atoms with van der Waals surface area (Å²) in [6, 6.07) is 11.8. The smallest absolute Gasteiger partial charge is 0.337 e. The highest BCUT2D eigenvalue weighted by atomic mass is 19.3. The van der Waals surface area contributed by atoms with Crippen LogP contribution in [0.25, 0.3) is 0 Å². The van der Waals surface area contributed by atoms with Crippen molar-refractivity contribution in [3.63, 3.8) is 0 Å². The van der Waals surface area contributed by atoms with E-state index in [-0.39, 0.29) is 5.56 Å². The summed E-state index contributed by atoms with van der Waals surface area (Å²) in [6.07, 6.45) is -3.40. The van der Waals surface area contributed by atoms with E-state index in [0.29, 0.717) is 12.5 Å². The average Bonchev–Trinajstić information content (AvgIpc) is 2.94. The summed E-state index contributed by atoms with van der Waals surface area (Å²) >= 11 is 0. The molecule has 2 aromatic carbocycles. The van der Waals surface area contributed by atoms with Gasteiger partial charge in [-0.25, -0.2) is 13.6 Å². The SMILES string of the molecule is CC(C)(C)C(=O)ONC(=O)C(NC(=O)c1ccc(C#Cc2ccc(CN3CCOCC3)cc2)cc1)C(C)(O)C(F)F. The van der Waals surface area contributed by atoms with Crippen molar-refractivity contribution in [2.24, 2.45) is 5.41 Å². The number of aliphatic hydroxyl groups is 1. The molecule has 2 aromatic rings. The third-order valence-electron chi connectivity index (χ3n) is 6.38. The standard InChI is InChI=1S/C30H35F2N3O6/c1-29(2,3)28(38)41-34-26(37)24(30(4,39)27(31)32)33-25(36)23-13-11-21(12-14-23)6-5-20-7-9-22(10-8-20)19-35-15-17-40-18-16-35/h7-14,24,27,39H,15-19H2,1-4H3,(H,33,36)(H,34,37). The number of amides is 2. The molecule has 0 spiro atoms. The van der Waals surface area contributed by atoms with Gasteiger partial charge in [-0.05, 0) is 69.7 Å². The van der Waals surface area contributed by atoms with Crippen molar-refractivity contribution in [3.05, 3.63) is 70.8 Å². The Morgan fingerprint density at radius 2 is 1.51 bits per heavy atom. The van der Waals surface area contributed by atoms with Gasteiger partial charge in [-0.15, -0.1) is 0 Å². The van der Waals surface area contributed by atoms with Crippen LogP contribution < -0.4 is 10.8 Å². The van der Waals surface area contributed by atoms with E-state index in [4.69, 9.17) is 4.74 Å². The van der Waals surface area contributed by atoms with E-state index in [2.05, 4.69) is 26.9 Å². The number of hydrogen-bond donors (Lipinski definition) is 3. The fourth-order valence-corrected chi connectivity index (χ4v) is 3.69. The van der Waals surface area contributed by atoms with Gasteiger partial charge in [-0.3, -0.25) is 14.5 Å². The molecule has 3 N–H and O–H groups in total. The maximum absolute atomic E-state index is 13.6. The fraction of sp³-hybridized carbons (Fsp3) is 0.433. The van der Waals surface area contributed by atoms with Gasteiger partial charge in [-0.1, -0.05) is 24.0 Å². The van der Waals surface area contributed by atoms with Crippen molar-refractivity contribution >= 4 is 17.8 Å². The Labute approximate surface area is 238 Å². The Hall–Kier alpha value is -3.85. The molecule has 0 aromatic heterocycles. The molecule has 0 saturated carbocycles. The van der Waals surface area contributed by atoms with E-state index < -0.39 is 41.3 Å². The largest absolute Gasteiger partial charge is 0.381 e. The zero-order valence-corrected chi connectivity index (χ0v) is 23.5. The Morgan fingerprint density at radius 3 is 2.02 bits per heavy atom. The van der Waals surface area contributed by atoms with Gasteiger partial charge in [0.25, 0.3) is 18.2 Å². The molecular formula is C30H35F2N3O6. The predicted octanol–water partition coefficient (Wildman–Crippen LogP) is 2.65. The minimum absolute atomic E-state index is 0.0394. The number of hydrogen-bond acceptors (Lipinski definition) is 7. The van der Waals surface area contributed by atoms with Gasteiger partial charge in [0.2, 0.25) is 0 Å². The number of nitrogens with one attached hydrogen (secondary N) is 2. The van der Waals surface area contributed by atoms with Crippen LogP contribution in [0.4, 0.5) is 8.78 Å². The maximum atomic E-state index is 13.6. The van der Waals surface area contributed by atoms with Crippen LogP contribution in [0.15, 0.2) is 48.5 Å². The quantitative estimate of drug-likeness (QED) is 0.346. The van der Waals surface area contributed by atoms with E-state index in [9.17, 15) is 28.3 Å². The summed E-state index contributed by atoms with van der Waals surface area (Å²) in [6.45, 7) is 9.40. The van der Waals surface area contributed by atoms with Crippen LogP contribution in [0.5, 0.6) is 0 Å². The second kappa shape index (κ2) is 13.7. The third-order valence-corrected chi connectivity index (χ3v) is 6.38. The lowest BCUT2D eigenvalue weighted by atomic mass is 9.95. The lowest BCUT2D eigenvalue weighted by Crippen LogP contribution is -2.62. The summed E-state index contributed by atoms with van der Waals surface area (Å²) in [5.74, 6) is 3.01. The van der Waals surface area contributed by atoms with Crippen LogP contribution in [0.3, 0.4) is 0 Å². The molecule has 11 heteroatoms. The van der Waals surface area contributed by atoms with Crippen molar-refractivity contribution in [3.8, 4) is 11.8 Å². The molecule has 0 aliphatic carbocycles. The molecular weight excluding hydrogens is 536 g/mol. The normalized spacial score (nSPS) is 16.1. The monoisotopic (exact) mass is 571 g/mol. The number of nitrogens with zero attached hydrogens (tertiary/aromatic N) is 1. The number of morpholine rings is 1. The Kier molecular flexibility index (Phi) is 10.6. The van der Waals surface area contributed by atoms with Gasteiger partial charge in [0.1, 0.15) is 6.04 Å². The average molecular weight is 572 g/mol. The molecule has 0 radical (unpaired) electrons. The first-order valence-electron chi connectivity index (χ1n) is 13.1. The summed E-state index contributed by atoms with van der Waals surface area (Å²) in [5.41, 5.74) is 0.427. The number of rotatable bonds is 7. The van der Waals surface area contributed by atoms with E-state index >= 15 is 0 Å². The van der Waals surface area contributed by atoms with Crippen LogP contribution >= 0.6 is 0 Å². The third kappa shape index (κ3) is 9.08. The molecule has 9 nitrogen and oxygen atoms in total. The summed E-state index contributed by atoms with van der Waals surface area (Å²) < 4.78 is 32.5. The predicted molar refractivity (Wildman–Crippen MR) is 147 cm³/mol. The molecule has 1 heterocycles. The minimum atomic E-state index is -3.40. The van der Waals surface area contributed by atoms with E-state index in [0.717, 1.165) is 38.4 Å². The molecule has 1 aliphatic rings. The van der Waals surface area contributed by atoms with Gasteiger partial charge in [0.05, 0.1) is 18.6 Å². The van der Waals surface area contributed by atoms with Crippen LogP contribution in [-0.4, -0.2) is 72.2 Å². The first-order chi connectivity index (χ1) is 19.3. The second-order valence-corrected chi connectivity index (χ2v) is 11.0. The van der Waals surface area contributed by atoms with Gasteiger partial charge in [0.15, 0.2) is 5.60 Å². The van der Waals surface area contributed by atoms with Crippen molar-refractivity contribution in [2.45, 2.75) is 52.3 Å². The molecule has 2 unspecified atom stereocenters. The first-order valence-corrected chi connectivity index (χ1v) is 13.1. The maximum Gasteiger partial charge on any atom is 0.337 e.